The standard InChI is InChI=1S/C24H31N5O3S/c1-17(2)20-8-10-21(11-9-20)33(31,32)28-14-12-27(13-15-28)24(30)22-16-25-26(5)23(22)29-18(3)6-7-19(29)4/h6-11,16-17H,12-15H2,1-5H3. The summed E-state index contributed by atoms with van der Waals surface area (Å²) in [5.41, 5.74) is 3.65. The van der Waals surface area contributed by atoms with Gasteiger partial charge in [0.25, 0.3) is 5.91 Å². The number of amides is 1. The second-order valence-electron chi connectivity index (χ2n) is 8.88. The number of hydrogen-bond donors (Lipinski definition) is 0. The molecule has 0 aliphatic carbocycles. The van der Waals surface area contributed by atoms with Crippen molar-refractivity contribution in [2.45, 2.75) is 38.5 Å². The van der Waals surface area contributed by atoms with Crippen LogP contribution in [0.4, 0.5) is 0 Å². The number of nitrogens with zero attached hydrogens (tertiary/aromatic N) is 5. The Kier molecular flexibility index (Phi) is 6.20. The molecular weight excluding hydrogens is 438 g/mol. The predicted molar refractivity (Wildman–Crippen MR) is 127 cm³/mol. The quantitative estimate of drug-likeness (QED) is 0.575. The molecule has 1 fully saturated rings. The van der Waals surface area contributed by atoms with Crippen LogP contribution in [-0.2, 0) is 17.1 Å². The van der Waals surface area contributed by atoms with Gasteiger partial charge in [-0.05, 0) is 49.6 Å². The highest BCUT2D eigenvalue weighted by atomic mass is 32.2. The van der Waals surface area contributed by atoms with Crippen molar-refractivity contribution < 1.29 is 13.2 Å². The van der Waals surface area contributed by atoms with Crippen LogP contribution in [-0.4, -0.2) is 64.1 Å². The number of benzene rings is 1. The maximum atomic E-state index is 13.4. The van der Waals surface area contributed by atoms with Crippen molar-refractivity contribution in [3.8, 4) is 5.82 Å². The van der Waals surface area contributed by atoms with Gasteiger partial charge in [0.05, 0.1) is 11.1 Å². The van der Waals surface area contributed by atoms with Crippen molar-refractivity contribution in [1.82, 2.24) is 23.6 Å². The van der Waals surface area contributed by atoms with Gasteiger partial charge >= 0.3 is 0 Å². The minimum atomic E-state index is -3.59. The first-order valence-corrected chi connectivity index (χ1v) is 12.6. The van der Waals surface area contributed by atoms with E-state index in [1.165, 1.54) is 4.31 Å². The van der Waals surface area contributed by atoms with Crippen LogP contribution in [0.2, 0.25) is 0 Å². The van der Waals surface area contributed by atoms with Crippen LogP contribution in [0.3, 0.4) is 0 Å². The lowest BCUT2D eigenvalue weighted by Gasteiger charge is -2.34. The molecule has 0 unspecified atom stereocenters. The molecule has 33 heavy (non-hydrogen) atoms. The van der Waals surface area contributed by atoms with Gasteiger partial charge in [-0.2, -0.15) is 9.40 Å². The minimum absolute atomic E-state index is 0.135. The van der Waals surface area contributed by atoms with E-state index in [-0.39, 0.29) is 19.0 Å². The van der Waals surface area contributed by atoms with Crippen molar-refractivity contribution in [2.75, 3.05) is 26.2 Å². The van der Waals surface area contributed by atoms with Crippen molar-refractivity contribution in [1.29, 1.82) is 0 Å². The Bertz CT molecular complexity index is 1240. The zero-order chi connectivity index (χ0) is 23.9. The Labute approximate surface area is 195 Å². The molecule has 8 nitrogen and oxygen atoms in total. The van der Waals surface area contributed by atoms with Crippen molar-refractivity contribution in [3.05, 3.63) is 65.1 Å². The summed E-state index contributed by atoms with van der Waals surface area (Å²) in [5.74, 6) is 0.928. The molecule has 1 saturated heterocycles. The topological polar surface area (TPSA) is 80.4 Å². The zero-order valence-corrected chi connectivity index (χ0v) is 20.6. The van der Waals surface area contributed by atoms with Crippen LogP contribution in [0.1, 0.15) is 47.1 Å². The van der Waals surface area contributed by atoms with E-state index in [2.05, 4.69) is 18.9 Å². The van der Waals surface area contributed by atoms with Crippen LogP contribution in [0.25, 0.3) is 5.82 Å². The highest BCUT2D eigenvalue weighted by molar-refractivity contribution is 7.89. The molecule has 0 N–H and O–H groups in total. The van der Waals surface area contributed by atoms with Crippen LogP contribution < -0.4 is 0 Å². The molecule has 1 aliphatic heterocycles. The number of carbonyl (C=O) groups is 1. The van der Waals surface area contributed by atoms with E-state index in [4.69, 9.17) is 0 Å². The SMILES string of the molecule is Cc1ccc(C)n1-c1c(C(=O)N2CCN(S(=O)(=O)c3ccc(C(C)C)cc3)CC2)cnn1C. The average molecular weight is 470 g/mol. The summed E-state index contributed by atoms with van der Waals surface area (Å²) in [4.78, 5) is 15.4. The number of aryl methyl sites for hydroxylation is 3. The zero-order valence-electron chi connectivity index (χ0n) is 19.8. The smallest absolute Gasteiger partial charge is 0.259 e. The van der Waals surface area contributed by atoms with E-state index in [1.807, 2.05) is 49.7 Å². The molecule has 3 heterocycles. The van der Waals surface area contributed by atoms with E-state index < -0.39 is 10.0 Å². The molecule has 1 aromatic carbocycles. The molecule has 2 aromatic heterocycles. The Morgan fingerprint density at radius 2 is 1.52 bits per heavy atom. The van der Waals surface area contributed by atoms with Crippen molar-refractivity contribution in [2.24, 2.45) is 7.05 Å². The molecule has 176 valence electrons. The first-order chi connectivity index (χ1) is 15.6. The molecular formula is C24H31N5O3S. The molecule has 0 bridgehead atoms. The number of hydrogen-bond acceptors (Lipinski definition) is 4. The Hall–Kier alpha value is -2.91. The molecule has 1 aliphatic rings. The van der Waals surface area contributed by atoms with Gasteiger partial charge in [-0.25, -0.2) is 8.42 Å². The summed E-state index contributed by atoms with van der Waals surface area (Å²) < 4.78 is 31.4. The summed E-state index contributed by atoms with van der Waals surface area (Å²) in [6, 6.07) is 11.1. The van der Waals surface area contributed by atoms with Gasteiger partial charge in [-0.15, -0.1) is 0 Å². The molecule has 0 radical (unpaired) electrons. The maximum absolute atomic E-state index is 13.4. The highest BCUT2D eigenvalue weighted by Crippen LogP contribution is 2.24. The monoisotopic (exact) mass is 469 g/mol. The van der Waals surface area contributed by atoms with E-state index in [0.717, 1.165) is 22.8 Å². The molecule has 1 amide bonds. The van der Waals surface area contributed by atoms with Gasteiger partial charge in [0.1, 0.15) is 11.4 Å². The molecule has 0 saturated carbocycles. The number of rotatable bonds is 5. The number of piperazine rings is 1. The highest BCUT2D eigenvalue weighted by Gasteiger charge is 2.32. The first kappa shape index (κ1) is 23.3. The normalized spacial score (nSPS) is 15.4. The van der Waals surface area contributed by atoms with Crippen LogP contribution >= 0.6 is 0 Å². The number of carbonyl (C=O) groups excluding carboxylic acids is 1. The van der Waals surface area contributed by atoms with Gasteiger partial charge in [-0.1, -0.05) is 26.0 Å². The number of aromatic nitrogens is 3. The Balaban J connectivity index is 1.50. The second-order valence-corrected chi connectivity index (χ2v) is 10.8. The fraction of sp³-hybridized carbons (Fsp3) is 0.417. The fourth-order valence-corrected chi connectivity index (χ4v) is 5.75. The van der Waals surface area contributed by atoms with E-state index in [1.54, 1.807) is 27.9 Å². The molecule has 0 atom stereocenters. The lowest BCUT2D eigenvalue weighted by atomic mass is 10.0. The second kappa shape index (κ2) is 8.79. The molecule has 3 aromatic rings. The van der Waals surface area contributed by atoms with Crippen molar-refractivity contribution in [3.63, 3.8) is 0 Å². The van der Waals surface area contributed by atoms with Gasteiger partial charge in [0, 0.05) is 44.6 Å². The Morgan fingerprint density at radius 3 is 2.06 bits per heavy atom. The molecule has 9 heteroatoms. The first-order valence-electron chi connectivity index (χ1n) is 11.2. The third-order valence-corrected chi connectivity index (χ3v) is 8.24. The summed E-state index contributed by atoms with van der Waals surface area (Å²) >= 11 is 0. The summed E-state index contributed by atoms with van der Waals surface area (Å²) in [7, 11) is -1.77. The molecule has 4 rings (SSSR count). The van der Waals surface area contributed by atoms with Gasteiger partial charge < -0.3 is 9.47 Å². The number of sulfonamides is 1. The maximum Gasteiger partial charge on any atom is 0.259 e. The lowest BCUT2D eigenvalue weighted by molar-refractivity contribution is 0.0698. The summed E-state index contributed by atoms with van der Waals surface area (Å²) in [6.07, 6.45) is 1.59. The van der Waals surface area contributed by atoms with E-state index >= 15 is 0 Å². The summed E-state index contributed by atoms with van der Waals surface area (Å²) in [6.45, 7) is 9.32. The largest absolute Gasteiger partial charge is 0.336 e. The van der Waals surface area contributed by atoms with E-state index in [9.17, 15) is 13.2 Å². The lowest BCUT2D eigenvalue weighted by Crippen LogP contribution is -2.50. The van der Waals surface area contributed by atoms with Gasteiger partial charge in [0.15, 0.2) is 0 Å². The summed E-state index contributed by atoms with van der Waals surface area (Å²) in [5, 5.41) is 4.33. The van der Waals surface area contributed by atoms with Gasteiger partial charge in [0.2, 0.25) is 10.0 Å². The average Bonchev–Trinajstić information content (AvgIpc) is 3.34. The third-order valence-electron chi connectivity index (χ3n) is 6.33. The minimum Gasteiger partial charge on any atom is -0.336 e. The molecule has 0 spiro atoms. The van der Waals surface area contributed by atoms with Crippen molar-refractivity contribution >= 4 is 15.9 Å². The van der Waals surface area contributed by atoms with E-state index in [0.29, 0.717) is 29.5 Å². The van der Waals surface area contributed by atoms with Gasteiger partial charge in [-0.3, -0.25) is 9.48 Å². The van der Waals surface area contributed by atoms with Crippen LogP contribution in [0, 0.1) is 13.8 Å². The van der Waals surface area contributed by atoms with Crippen LogP contribution in [0.5, 0.6) is 0 Å². The Morgan fingerprint density at radius 1 is 0.939 bits per heavy atom. The fourth-order valence-electron chi connectivity index (χ4n) is 4.33. The predicted octanol–water partition coefficient (Wildman–Crippen LogP) is 3.10. The third kappa shape index (κ3) is 4.22. The van der Waals surface area contributed by atoms with Crippen LogP contribution in [0.15, 0.2) is 47.5 Å².